The van der Waals surface area contributed by atoms with Crippen LogP contribution in [0.2, 0.25) is 0 Å². The van der Waals surface area contributed by atoms with E-state index in [2.05, 4.69) is 39.7 Å². The Bertz CT molecular complexity index is 443. The Balaban J connectivity index is 2.30. The zero-order chi connectivity index (χ0) is 12.5. The molecule has 0 saturated heterocycles. The minimum atomic E-state index is -0.0868. The molecule has 1 rings (SSSR count). The maximum absolute atomic E-state index is 11.6. The first kappa shape index (κ1) is 13.7. The van der Waals surface area contributed by atoms with E-state index in [9.17, 15) is 9.59 Å². The van der Waals surface area contributed by atoms with Crippen molar-refractivity contribution in [1.82, 2.24) is 5.32 Å². The van der Waals surface area contributed by atoms with E-state index >= 15 is 0 Å². The summed E-state index contributed by atoms with van der Waals surface area (Å²) in [5, 5.41) is 2.79. The molecular weight excluding hydrogens is 329 g/mol. The number of carbonyl (C=O) groups is 1. The van der Waals surface area contributed by atoms with Gasteiger partial charge in [0.15, 0.2) is 0 Å². The highest BCUT2D eigenvalue weighted by Crippen LogP contribution is 2.06. The second-order valence-electron chi connectivity index (χ2n) is 3.27. The maximum atomic E-state index is 11.6. The van der Waals surface area contributed by atoms with Gasteiger partial charge in [0.1, 0.15) is 0 Å². The molecule has 1 amide bonds. The van der Waals surface area contributed by atoms with Crippen LogP contribution in [0.5, 0.6) is 0 Å². The smallest absolute Gasteiger partial charge is 0.284 e. The highest BCUT2D eigenvalue weighted by Gasteiger charge is 2.03. The summed E-state index contributed by atoms with van der Waals surface area (Å²) in [4.78, 5) is 21.4. The number of nitrogens with one attached hydrogen (secondary N) is 1. The molecule has 0 aromatic heterocycles. The third-order valence-corrected chi connectivity index (χ3v) is 2.73. The highest BCUT2D eigenvalue weighted by molar-refractivity contribution is 14.1. The van der Waals surface area contributed by atoms with E-state index in [1.165, 1.54) is 6.29 Å². The van der Waals surface area contributed by atoms with Crippen molar-refractivity contribution in [3.8, 4) is 11.8 Å². The molecular formula is C13H11INO2. The third-order valence-electron chi connectivity index (χ3n) is 2.01. The highest BCUT2D eigenvalue weighted by atomic mass is 127. The molecule has 0 aliphatic carbocycles. The fourth-order valence-electron chi connectivity index (χ4n) is 1.18. The maximum Gasteiger partial charge on any atom is 0.284 e. The van der Waals surface area contributed by atoms with E-state index in [0.29, 0.717) is 18.5 Å². The van der Waals surface area contributed by atoms with E-state index < -0.39 is 0 Å². The van der Waals surface area contributed by atoms with Crippen LogP contribution >= 0.6 is 22.6 Å². The quantitative estimate of drug-likeness (QED) is 0.517. The van der Waals surface area contributed by atoms with Crippen molar-refractivity contribution in [3.63, 3.8) is 0 Å². The first-order valence-electron chi connectivity index (χ1n) is 5.13. The molecule has 1 N–H and O–H groups in total. The van der Waals surface area contributed by atoms with Crippen molar-refractivity contribution in [1.29, 1.82) is 0 Å². The first-order valence-corrected chi connectivity index (χ1v) is 6.20. The Morgan fingerprint density at radius 3 is 2.65 bits per heavy atom. The van der Waals surface area contributed by atoms with Gasteiger partial charge in [0.25, 0.3) is 12.2 Å². The van der Waals surface area contributed by atoms with Crippen LogP contribution in [0.1, 0.15) is 23.2 Å². The van der Waals surface area contributed by atoms with Gasteiger partial charge in [-0.05, 0) is 59.2 Å². The average Bonchev–Trinajstić information content (AvgIpc) is 2.34. The topological polar surface area (TPSA) is 46.2 Å². The predicted octanol–water partition coefficient (Wildman–Crippen LogP) is 1.91. The molecule has 3 nitrogen and oxygen atoms in total. The predicted molar refractivity (Wildman–Crippen MR) is 74.2 cm³/mol. The molecule has 0 bridgehead atoms. The summed E-state index contributed by atoms with van der Waals surface area (Å²) in [6.07, 6.45) is 2.81. The van der Waals surface area contributed by atoms with Crippen molar-refractivity contribution < 1.29 is 9.59 Å². The fourth-order valence-corrected chi connectivity index (χ4v) is 1.54. The number of unbranched alkanes of at least 4 members (excludes halogenated alkanes) is 1. The van der Waals surface area contributed by atoms with Gasteiger partial charge in [0.2, 0.25) is 0 Å². The molecule has 87 valence electrons. The van der Waals surface area contributed by atoms with Crippen LogP contribution in [0.4, 0.5) is 0 Å². The number of rotatable bonds is 4. The van der Waals surface area contributed by atoms with Gasteiger partial charge in [0.05, 0.1) is 0 Å². The molecule has 0 heterocycles. The lowest BCUT2D eigenvalue weighted by Crippen LogP contribution is -2.24. The minimum Gasteiger partial charge on any atom is -0.352 e. The van der Waals surface area contributed by atoms with Crippen LogP contribution in [0.3, 0.4) is 0 Å². The summed E-state index contributed by atoms with van der Waals surface area (Å²) in [7, 11) is 0. The van der Waals surface area contributed by atoms with Crippen LogP contribution in [0.15, 0.2) is 24.3 Å². The van der Waals surface area contributed by atoms with Gasteiger partial charge in [-0.1, -0.05) is 5.92 Å². The van der Waals surface area contributed by atoms with Gasteiger partial charge < -0.3 is 5.32 Å². The monoisotopic (exact) mass is 340 g/mol. The molecule has 17 heavy (non-hydrogen) atoms. The number of hydrogen-bond acceptors (Lipinski definition) is 2. The van der Waals surface area contributed by atoms with Gasteiger partial charge >= 0.3 is 0 Å². The molecule has 0 aliphatic rings. The van der Waals surface area contributed by atoms with Crippen LogP contribution in [-0.2, 0) is 4.79 Å². The average molecular weight is 340 g/mol. The van der Waals surface area contributed by atoms with Crippen LogP contribution in [-0.4, -0.2) is 18.7 Å². The van der Waals surface area contributed by atoms with Crippen LogP contribution in [0.25, 0.3) is 0 Å². The summed E-state index contributed by atoms with van der Waals surface area (Å²) in [6, 6.07) is 7.36. The molecule has 4 heteroatoms. The number of halogens is 1. The summed E-state index contributed by atoms with van der Waals surface area (Å²) in [5.41, 5.74) is 0.651. The Labute approximate surface area is 114 Å². The van der Waals surface area contributed by atoms with Crippen molar-refractivity contribution in [3.05, 3.63) is 33.4 Å². The Kier molecular flexibility index (Phi) is 6.33. The summed E-state index contributed by atoms with van der Waals surface area (Å²) in [6.45, 7) is 0.554. The lowest BCUT2D eigenvalue weighted by Gasteiger charge is -2.03. The second kappa shape index (κ2) is 7.85. The number of hydrogen-bond donors (Lipinski definition) is 1. The number of amides is 1. The summed E-state index contributed by atoms with van der Waals surface area (Å²) in [5.74, 6) is 4.75. The van der Waals surface area contributed by atoms with E-state index in [4.69, 9.17) is 0 Å². The SMILES string of the molecule is O=[C]C#CCCCNC(=O)c1ccc(I)cc1. The standard InChI is InChI=1S/C13H11INO2/c14-12-7-5-11(6-8-12)13(17)15-9-3-1-2-4-10-16/h5-8H,1,3,9H2,(H,15,17). The Morgan fingerprint density at radius 1 is 1.29 bits per heavy atom. The molecule has 0 spiro atoms. The van der Waals surface area contributed by atoms with Gasteiger partial charge in [-0.3, -0.25) is 9.59 Å². The lowest BCUT2D eigenvalue weighted by atomic mass is 10.2. The molecule has 1 aromatic rings. The van der Waals surface area contributed by atoms with Crippen LogP contribution < -0.4 is 5.32 Å². The van der Waals surface area contributed by atoms with Gasteiger partial charge in [-0.2, -0.15) is 0 Å². The molecule has 1 aromatic carbocycles. The third kappa shape index (κ3) is 5.50. The van der Waals surface area contributed by atoms with Crippen molar-refractivity contribution >= 4 is 34.8 Å². The number of carbonyl (C=O) groups excluding carboxylic acids is 2. The molecule has 0 saturated carbocycles. The lowest BCUT2D eigenvalue weighted by molar-refractivity contribution is 0.0953. The Hall–Kier alpha value is -1.35. The fraction of sp³-hybridized carbons (Fsp3) is 0.231. The number of benzene rings is 1. The molecule has 0 atom stereocenters. The van der Waals surface area contributed by atoms with E-state index in [-0.39, 0.29) is 5.91 Å². The normalized spacial score (nSPS) is 9.00. The van der Waals surface area contributed by atoms with Crippen LogP contribution in [0, 0.1) is 15.4 Å². The molecule has 1 radical (unpaired) electrons. The molecule has 0 aliphatic heterocycles. The zero-order valence-electron chi connectivity index (χ0n) is 9.13. The largest absolute Gasteiger partial charge is 0.352 e. The van der Waals surface area contributed by atoms with Crippen molar-refractivity contribution in [2.45, 2.75) is 12.8 Å². The molecule has 0 unspecified atom stereocenters. The van der Waals surface area contributed by atoms with E-state index in [1.807, 2.05) is 12.1 Å². The van der Waals surface area contributed by atoms with E-state index in [0.717, 1.165) is 9.99 Å². The second-order valence-corrected chi connectivity index (χ2v) is 4.52. The van der Waals surface area contributed by atoms with Gasteiger partial charge in [0, 0.05) is 22.1 Å². The summed E-state index contributed by atoms with van der Waals surface area (Å²) >= 11 is 2.19. The minimum absolute atomic E-state index is 0.0868. The molecule has 0 fully saturated rings. The van der Waals surface area contributed by atoms with Crippen molar-refractivity contribution in [2.75, 3.05) is 6.54 Å². The van der Waals surface area contributed by atoms with Gasteiger partial charge in [-0.25, -0.2) is 0 Å². The van der Waals surface area contributed by atoms with Gasteiger partial charge in [-0.15, -0.1) is 0 Å². The Morgan fingerprint density at radius 2 is 2.00 bits per heavy atom. The zero-order valence-corrected chi connectivity index (χ0v) is 11.3. The first-order chi connectivity index (χ1) is 8.24. The summed E-state index contributed by atoms with van der Waals surface area (Å²) < 4.78 is 1.10. The van der Waals surface area contributed by atoms with E-state index in [1.54, 1.807) is 12.1 Å². The van der Waals surface area contributed by atoms with Crippen molar-refractivity contribution in [2.24, 2.45) is 0 Å².